The SMILES string of the molecule is CCc1onc(C)c1[C@@H]1CCCN1C(=O)Nc1cccc(Cl)c1. The molecule has 3 rings (SSSR count). The van der Waals surface area contributed by atoms with Gasteiger partial charge in [-0.15, -0.1) is 0 Å². The van der Waals surface area contributed by atoms with Crippen molar-refractivity contribution in [1.82, 2.24) is 10.1 Å². The number of nitrogens with one attached hydrogen (secondary N) is 1. The number of carbonyl (C=O) groups is 1. The quantitative estimate of drug-likeness (QED) is 0.895. The number of rotatable bonds is 3. The van der Waals surface area contributed by atoms with Crippen LogP contribution < -0.4 is 5.32 Å². The van der Waals surface area contributed by atoms with Crippen molar-refractivity contribution in [3.63, 3.8) is 0 Å². The highest BCUT2D eigenvalue weighted by atomic mass is 35.5. The molecule has 1 fully saturated rings. The van der Waals surface area contributed by atoms with Crippen LogP contribution in [0.5, 0.6) is 0 Å². The van der Waals surface area contributed by atoms with Crippen molar-refractivity contribution in [2.24, 2.45) is 0 Å². The molecule has 2 heterocycles. The zero-order chi connectivity index (χ0) is 16.4. The number of likely N-dealkylation sites (tertiary alicyclic amines) is 1. The first-order valence-corrected chi connectivity index (χ1v) is 8.26. The van der Waals surface area contributed by atoms with Crippen molar-refractivity contribution in [3.8, 4) is 0 Å². The van der Waals surface area contributed by atoms with Gasteiger partial charge in [0.2, 0.25) is 0 Å². The summed E-state index contributed by atoms with van der Waals surface area (Å²) < 4.78 is 5.39. The molecule has 2 aromatic rings. The number of hydrogen-bond acceptors (Lipinski definition) is 3. The lowest BCUT2D eigenvalue weighted by Gasteiger charge is -2.25. The first kappa shape index (κ1) is 15.9. The fourth-order valence-corrected chi connectivity index (χ4v) is 3.37. The zero-order valence-electron chi connectivity index (χ0n) is 13.3. The molecular formula is C17H20ClN3O2. The molecule has 1 aromatic carbocycles. The normalized spacial score (nSPS) is 17.5. The van der Waals surface area contributed by atoms with E-state index in [4.69, 9.17) is 16.1 Å². The summed E-state index contributed by atoms with van der Waals surface area (Å²) in [5.41, 5.74) is 2.63. The summed E-state index contributed by atoms with van der Waals surface area (Å²) in [6.07, 6.45) is 2.68. The van der Waals surface area contributed by atoms with E-state index in [1.165, 1.54) is 0 Å². The van der Waals surface area contributed by atoms with Gasteiger partial charge in [-0.1, -0.05) is 29.7 Å². The number of urea groups is 1. The van der Waals surface area contributed by atoms with Gasteiger partial charge in [0.05, 0.1) is 11.7 Å². The van der Waals surface area contributed by atoms with E-state index in [2.05, 4.69) is 10.5 Å². The molecule has 0 spiro atoms. The lowest BCUT2D eigenvalue weighted by Crippen LogP contribution is -2.34. The van der Waals surface area contributed by atoms with E-state index >= 15 is 0 Å². The monoisotopic (exact) mass is 333 g/mol. The molecule has 2 amide bonds. The Balaban J connectivity index is 1.81. The lowest BCUT2D eigenvalue weighted by molar-refractivity contribution is 0.206. The Bertz CT molecular complexity index is 714. The third kappa shape index (κ3) is 3.20. The van der Waals surface area contributed by atoms with Crippen LogP contribution >= 0.6 is 11.6 Å². The Morgan fingerprint density at radius 3 is 3.09 bits per heavy atom. The molecule has 0 unspecified atom stereocenters. The number of nitrogens with zero attached hydrogens (tertiary/aromatic N) is 2. The predicted molar refractivity (Wildman–Crippen MR) is 89.8 cm³/mol. The minimum absolute atomic E-state index is 0.0235. The fraction of sp³-hybridized carbons (Fsp3) is 0.412. The predicted octanol–water partition coefficient (Wildman–Crippen LogP) is 4.57. The molecule has 122 valence electrons. The molecule has 1 aromatic heterocycles. The maximum Gasteiger partial charge on any atom is 0.322 e. The number of hydrogen-bond donors (Lipinski definition) is 1. The van der Waals surface area contributed by atoms with Crippen molar-refractivity contribution in [3.05, 3.63) is 46.3 Å². The van der Waals surface area contributed by atoms with E-state index in [0.29, 0.717) is 10.7 Å². The number of benzene rings is 1. The van der Waals surface area contributed by atoms with Crippen LogP contribution in [0.25, 0.3) is 0 Å². The first-order chi connectivity index (χ1) is 11.1. The summed E-state index contributed by atoms with van der Waals surface area (Å²) in [4.78, 5) is 14.5. The van der Waals surface area contributed by atoms with E-state index < -0.39 is 0 Å². The topological polar surface area (TPSA) is 58.4 Å². The van der Waals surface area contributed by atoms with Crippen LogP contribution in [0.15, 0.2) is 28.8 Å². The zero-order valence-corrected chi connectivity index (χ0v) is 14.1. The van der Waals surface area contributed by atoms with Gasteiger partial charge in [-0.25, -0.2) is 4.79 Å². The molecule has 1 aliphatic rings. The average Bonchev–Trinajstić information content (AvgIpc) is 3.13. The van der Waals surface area contributed by atoms with Gasteiger partial charge in [0.25, 0.3) is 0 Å². The smallest absolute Gasteiger partial charge is 0.322 e. The summed E-state index contributed by atoms with van der Waals surface area (Å²) in [7, 11) is 0. The largest absolute Gasteiger partial charge is 0.361 e. The van der Waals surface area contributed by atoms with Crippen molar-refractivity contribution in [1.29, 1.82) is 0 Å². The number of aryl methyl sites for hydroxylation is 2. The Morgan fingerprint density at radius 1 is 1.52 bits per heavy atom. The third-order valence-electron chi connectivity index (χ3n) is 4.23. The van der Waals surface area contributed by atoms with E-state index in [0.717, 1.165) is 42.8 Å². The van der Waals surface area contributed by atoms with Gasteiger partial charge in [0.15, 0.2) is 0 Å². The highest BCUT2D eigenvalue weighted by molar-refractivity contribution is 6.30. The highest BCUT2D eigenvalue weighted by Crippen LogP contribution is 2.36. The molecular weight excluding hydrogens is 314 g/mol. The van der Waals surface area contributed by atoms with Gasteiger partial charge >= 0.3 is 6.03 Å². The molecule has 0 aliphatic carbocycles. The van der Waals surface area contributed by atoms with E-state index in [1.54, 1.807) is 12.1 Å². The van der Waals surface area contributed by atoms with Crippen LogP contribution in [0.1, 0.15) is 42.8 Å². The second-order valence-corrected chi connectivity index (χ2v) is 6.19. The van der Waals surface area contributed by atoms with Gasteiger partial charge in [0, 0.05) is 29.2 Å². The Kier molecular flexibility index (Phi) is 4.57. The maximum absolute atomic E-state index is 12.7. The van der Waals surface area contributed by atoms with Crippen molar-refractivity contribution in [2.75, 3.05) is 11.9 Å². The summed E-state index contributed by atoms with van der Waals surface area (Å²) in [5, 5.41) is 7.60. The molecule has 23 heavy (non-hydrogen) atoms. The fourth-order valence-electron chi connectivity index (χ4n) is 3.18. The number of aromatic nitrogens is 1. The first-order valence-electron chi connectivity index (χ1n) is 7.88. The maximum atomic E-state index is 12.7. The second kappa shape index (κ2) is 6.62. The van der Waals surface area contributed by atoms with Gasteiger partial charge in [-0.2, -0.15) is 0 Å². The van der Waals surface area contributed by atoms with Gasteiger partial charge in [-0.3, -0.25) is 0 Å². The summed E-state index contributed by atoms with van der Waals surface area (Å²) in [6.45, 7) is 4.70. The highest BCUT2D eigenvalue weighted by Gasteiger charge is 2.34. The van der Waals surface area contributed by atoms with Crippen molar-refractivity contribution < 1.29 is 9.32 Å². The molecule has 1 saturated heterocycles. The van der Waals surface area contributed by atoms with E-state index in [9.17, 15) is 4.79 Å². The third-order valence-corrected chi connectivity index (χ3v) is 4.46. The van der Waals surface area contributed by atoms with E-state index in [1.807, 2.05) is 30.9 Å². The second-order valence-electron chi connectivity index (χ2n) is 5.75. The molecule has 6 heteroatoms. The standard InChI is InChI=1S/C17H20ClN3O2/c1-3-15-16(11(2)20-23-15)14-8-5-9-21(14)17(22)19-13-7-4-6-12(18)10-13/h4,6-7,10,14H,3,5,8-9H2,1-2H3,(H,19,22)/t14-/m0/s1. The van der Waals surface area contributed by atoms with Crippen LogP contribution in [0.2, 0.25) is 5.02 Å². The molecule has 0 bridgehead atoms. The number of halogens is 1. The van der Waals surface area contributed by atoms with Gasteiger partial charge < -0.3 is 14.7 Å². The molecule has 0 radical (unpaired) electrons. The summed E-state index contributed by atoms with van der Waals surface area (Å²) in [6, 6.07) is 7.08. The molecule has 5 nitrogen and oxygen atoms in total. The van der Waals surface area contributed by atoms with Crippen molar-refractivity contribution >= 4 is 23.3 Å². The Morgan fingerprint density at radius 2 is 2.35 bits per heavy atom. The average molecular weight is 334 g/mol. The van der Waals surface area contributed by atoms with Gasteiger partial charge in [0.1, 0.15) is 5.76 Å². The number of anilines is 1. The van der Waals surface area contributed by atoms with E-state index in [-0.39, 0.29) is 12.1 Å². The summed E-state index contributed by atoms with van der Waals surface area (Å²) in [5.74, 6) is 0.870. The minimum Gasteiger partial charge on any atom is -0.361 e. The molecule has 1 atom stereocenters. The Hall–Kier alpha value is -2.01. The van der Waals surface area contributed by atoms with Crippen LogP contribution in [0, 0.1) is 6.92 Å². The van der Waals surface area contributed by atoms with Crippen LogP contribution in [-0.4, -0.2) is 22.6 Å². The minimum atomic E-state index is -0.114. The summed E-state index contributed by atoms with van der Waals surface area (Å²) >= 11 is 5.97. The number of amides is 2. The van der Waals surface area contributed by atoms with Crippen LogP contribution in [-0.2, 0) is 6.42 Å². The Labute approximate surface area is 140 Å². The van der Waals surface area contributed by atoms with Crippen molar-refractivity contribution in [2.45, 2.75) is 39.2 Å². The van der Waals surface area contributed by atoms with Gasteiger partial charge in [-0.05, 0) is 38.0 Å². The molecule has 1 N–H and O–H groups in total. The number of carbonyl (C=O) groups excluding carboxylic acids is 1. The van der Waals surface area contributed by atoms with Crippen LogP contribution in [0.3, 0.4) is 0 Å². The molecule has 1 aliphatic heterocycles. The lowest BCUT2D eigenvalue weighted by atomic mass is 10.0. The molecule has 0 saturated carbocycles. The van der Waals surface area contributed by atoms with Crippen LogP contribution in [0.4, 0.5) is 10.5 Å².